The first-order chi connectivity index (χ1) is 14.2. The lowest BCUT2D eigenvalue weighted by atomic mass is 9.95. The Labute approximate surface area is 169 Å². The molecule has 0 aliphatic carbocycles. The minimum absolute atomic E-state index is 0.0612. The van der Waals surface area contributed by atoms with E-state index < -0.39 is 0 Å². The highest BCUT2D eigenvalue weighted by Crippen LogP contribution is 2.47. The number of hydrazone groups is 1. The maximum Gasteiger partial charge on any atom is 0.213 e. The summed E-state index contributed by atoms with van der Waals surface area (Å²) in [7, 11) is 0. The number of ether oxygens (including phenoxy) is 2. The molecule has 1 N–H and O–H groups in total. The van der Waals surface area contributed by atoms with Crippen LogP contribution in [0, 0.1) is 0 Å². The van der Waals surface area contributed by atoms with E-state index in [1.165, 1.54) is 0 Å². The molecule has 5 nitrogen and oxygen atoms in total. The average molecular weight is 386 g/mol. The van der Waals surface area contributed by atoms with Crippen LogP contribution in [0.1, 0.15) is 42.3 Å². The van der Waals surface area contributed by atoms with Crippen LogP contribution < -0.4 is 9.47 Å². The van der Waals surface area contributed by atoms with Gasteiger partial charge in [0.15, 0.2) is 0 Å². The van der Waals surface area contributed by atoms with E-state index in [0.29, 0.717) is 13.0 Å². The zero-order chi connectivity index (χ0) is 19.8. The highest BCUT2D eigenvalue weighted by molar-refractivity contribution is 6.04. The summed E-state index contributed by atoms with van der Waals surface area (Å²) in [5.41, 5.74) is 3.76. The van der Waals surface area contributed by atoms with Crippen LogP contribution in [0.5, 0.6) is 17.2 Å². The molecule has 2 atom stereocenters. The molecule has 2 aliphatic heterocycles. The van der Waals surface area contributed by atoms with E-state index in [2.05, 4.69) is 6.07 Å². The summed E-state index contributed by atoms with van der Waals surface area (Å²) in [5, 5.41) is 17.2. The maximum absolute atomic E-state index is 10.3. The van der Waals surface area contributed by atoms with Crippen molar-refractivity contribution in [3.8, 4) is 17.2 Å². The van der Waals surface area contributed by atoms with Crippen molar-refractivity contribution in [3.05, 3.63) is 89.5 Å². The van der Waals surface area contributed by atoms with Crippen molar-refractivity contribution in [2.24, 2.45) is 5.10 Å². The van der Waals surface area contributed by atoms with Crippen molar-refractivity contribution in [3.63, 3.8) is 0 Å². The lowest BCUT2D eigenvalue weighted by Crippen LogP contribution is -2.33. The van der Waals surface area contributed by atoms with Gasteiger partial charge >= 0.3 is 0 Å². The lowest BCUT2D eigenvalue weighted by Gasteiger charge is -2.38. The van der Waals surface area contributed by atoms with Gasteiger partial charge in [0.1, 0.15) is 17.2 Å². The molecule has 5 heteroatoms. The zero-order valence-corrected chi connectivity index (χ0v) is 16.2. The first-order valence-electron chi connectivity index (χ1n) is 9.87. The number of phenolic OH excluding ortho intramolecular Hbond substituents is 1. The van der Waals surface area contributed by atoms with Gasteiger partial charge in [-0.1, -0.05) is 30.3 Å². The molecule has 0 amide bonds. The Morgan fingerprint density at radius 2 is 1.79 bits per heavy atom. The fourth-order valence-corrected chi connectivity index (χ4v) is 4.03. The van der Waals surface area contributed by atoms with Crippen molar-refractivity contribution < 1.29 is 14.6 Å². The van der Waals surface area contributed by atoms with Crippen LogP contribution in [0.3, 0.4) is 0 Å². The number of aromatic hydroxyl groups is 1. The summed E-state index contributed by atoms with van der Waals surface area (Å²) in [6.07, 6.45) is 0.375. The summed E-state index contributed by atoms with van der Waals surface area (Å²) in [6.45, 7) is 2.61. The molecule has 0 spiro atoms. The fraction of sp³-hybridized carbons (Fsp3) is 0.208. The second kappa shape index (κ2) is 7.17. The smallest absolute Gasteiger partial charge is 0.213 e. The average Bonchev–Trinajstić information content (AvgIpc) is 3.20. The van der Waals surface area contributed by atoms with Gasteiger partial charge in [-0.15, -0.1) is 0 Å². The molecule has 0 bridgehead atoms. The third-order valence-corrected chi connectivity index (χ3v) is 5.39. The second-order valence-corrected chi connectivity index (χ2v) is 7.17. The lowest BCUT2D eigenvalue weighted by molar-refractivity contribution is -0.0190. The quantitative estimate of drug-likeness (QED) is 0.683. The summed E-state index contributed by atoms with van der Waals surface area (Å²) >= 11 is 0. The van der Waals surface area contributed by atoms with Gasteiger partial charge in [0, 0.05) is 23.1 Å². The summed E-state index contributed by atoms with van der Waals surface area (Å²) < 4.78 is 11.9. The second-order valence-electron chi connectivity index (χ2n) is 7.17. The highest BCUT2D eigenvalue weighted by Gasteiger charge is 2.41. The number of para-hydroxylation sites is 2. The molecule has 0 saturated heterocycles. The van der Waals surface area contributed by atoms with E-state index >= 15 is 0 Å². The van der Waals surface area contributed by atoms with Gasteiger partial charge in [0.25, 0.3) is 0 Å². The first-order valence-corrected chi connectivity index (χ1v) is 9.87. The summed E-state index contributed by atoms with van der Waals surface area (Å²) in [4.78, 5) is 0. The standard InChI is InChI=1S/C24H22N2O3/c1-2-28-17-13-11-16(12-14-17)24-26-21(19-8-4-6-10-23(19)29-24)15-20(25-26)18-7-3-5-9-22(18)27/h3-14,21,24,27H,2,15H2,1H3/t21-,24+/m0/s1. The van der Waals surface area contributed by atoms with Gasteiger partial charge in [-0.3, -0.25) is 0 Å². The Balaban J connectivity index is 1.56. The Bertz CT molecular complexity index is 1060. The molecule has 2 aliphatic rings. The fourth-order valence-electron chi connectivity index (χ4n) is 4.03. The molecular weight excluding hydrogens is 364 g/mol. The van der Waals surface area contributed by atoms with E-state index in [1.807, 2.05) is 72.6 Å². The molecule has 0 fully saturated rings. The van der Waals surface area contributed by atoms with Gasteiger partial charge in [-0.2, -0.15) is 5.10 Å². The minimum Gasteiger partial charge on any atom is -0.507 e. The third kappa shape index (κ3) is 3.09. The molecule has 0 saturated carbocycles. The van der Waals surface area contributed by atoms with Crippen molar-refractivity contribution in [2.45, 2.75) is 25.6 Å². The molecule has 5 rings (SSSR count). The molecule has 146 valence electrons. The van der Waals surface area contributed by atoms with E-state index in [4.69, 9.17) is 14.6 Å². The summed E-state index contributed by atoms with van der Waals surface area (Å²) in [6, 6.07) is 23.5. The summed E-state index contributed by atoms with van der Waals surface area (Å²) in [5.74, 6) is 1.96. The predicted octanol–water partition coefficient (Wildman–Crippen LogP) is 5.03. The van der Waals surface area contributed by atoms with Crippen molar-refractivity contribution in [1.29, 1.82) is 0 Å². The van der Waals surface area contributed by atoms with Crippen LogP contribution in [0.2, 0.25) is 0 Å². The largest absolute Gasteiger partial charge is 0.507 e. The normalized spacial score (nSPS) is 19.8. The monoisotopic (exact) mass is 386 g/mol. The Morgan fingerprint density at radius 3 is 2.59 bits per heavy atom. The van der Waals surface area contributed by atoms with Gasteiger partial charge in [-0.25, -0.2) is 5.01 Å². The van der Waals surface area contributed by atoms with E-state index in [0.717, 1.165) is 33.9 Å². The van der Waals surface area contributed by atoms with E-state index in [9.17, 15) is 5.11 Å². The number of rotatable bonds is 4. The number of hydrogen-bond donors (Lipinski definition) is 1. The molecule has 3 aromatic carbocycles. The van der Waals surface area contributed by atoms with Crippen LogP contribution in [-0.4, -0.2) is 22.4 Å². The molecule has 29 heavy (non-hydrogen) atoms. The Hall–Kier alpha value is -3.47. The molecule has 2 heterocycles. The maximum atomic E-state index is 10.3. The molecule has 0 aromatic heterocycles. The third-order valence-electron chi connectivity index (χ3n) is 5.39. The van der Waals surface area contributed by atoms with Crippen LogP contribution in [0.4, 0.5) is 0 Å². The van der Waals surface area contributed by atoms with Crippen LogP contribution >= 0.6 is 0 Å². The van der Waals surface area contributed by atoms with Gasteiger partial charge in [0.2, 0.25) is 6.23 Å². The Kier molecular flexibility index (Phi) is 4.35. The van der Waals surface area contributed by atoms with Crippen LogP contribution in [0.15, 0.2) is 77.9 Å². The molecule has 0 unspecified atom stereocenters. The topological polar surface area (TPSA) is 54.3 Å². The highest BCUT2D eigenvalue weighted by atomic mass is 16.5. The van der Waals surface area contributed by atoms with Crippen LogP contribution in [-0.2, 0) is 0 Å². The number of hydrogen-bond acceptors (Lipinski definition) is 5. The number of phenols is 1. The molecule has 3 aromatic rings. The number of fused-ring (bicyclic) bond motifs is 3. The number of benzene rings is 3. The first kappa shape index (κ1) is 17.6. The number of nitrogens with zero attached hydrogens (tertiary/aromatic N) is 2. The van der Waals surface area contributed by atoms with E-state index in [-0.39, 0.29) is 18.0 Å². The van der Waals surface area contributed by atoms with Gasteiger partial charge in [-0.05, 0) is 49.4 Å². The van der Waals surface area contributed by atoms with Crippen molar-refractivity contribution in [1.82, 2.24) is 5.01 Å². The zero-order valence-electron chi connectivity index (χ0n) is 16.2. The van der Waals surface area contributed by atoms with Crippen molar-refractivity contribution >= 4 is 5.71 Å². The molecular formula is C24H22N2O3. The minimum atomic E-state index is -0.339. The van der Waals surface area contributed by atoms with E-state index in [1.54, 1.807) is 6.07 Å². The van der Waals surface area contributed by atoms with Gasteiger partial charge in [0.05, 0.1) is 18.4 Å². The Morgan fingerprint density at radius 1 is 1.03 bits per heavy atom. The predicted molar refractivity (Wildman–Crippen MR) is 111 cm³/mol. The van der Waals surface area contributed by atoms with Crippen LogP contribution in [0.25, 0.3) is 0 Å². The SMILES string of the molecule is CCOc1ccc([C@H]2Oc3ccccc3[C@@H]3CC(c4ccccc4O)=NN23)cc1. The molecule has 0 radical (unpaired) electrons. The van der Waals surface area contributed by atoms with Gasteiger partial charge < -0.3 is 14.6 Å². The van der Waals surface area contributed by atoms with Crippen molar-refractivity contribution in [2.75, 3.05) is 6.61 Å².